The van der Waals surface area contributed by atoms with Crippen LogP contribution in [0.3, 0.4) is 0 Å². The summed E-state index contributed by atoms with van der Waals surface area (Å²) in [6.45, 7) is 4.32. The van der Waals surface area contributed by atoms with Crippen LogP contribution >= 0.6 is 0 Å². The van der Waals surface area contributed by atoms with Gasteiger partial charge in [0.1, 0.15) is 0 Å². The van der Waals surface area contributed by atoms with Crippen molar-refractivity contribution < 1.29 is 4.79 Å². The van der Waals surface area contributed by atoms with E-state index in [1.165, 1.54) is 23.1 Å². The summed E-state index contributed by atoms with van der Waals surface area (Å²) in [6, 6.07) is 8.94. The lowest BCUT2D eigenvalue weighted by atomic mass is 9.95. The van der Waals surface area contributed by atoms with E-state index in [1.807, 2.05) is 0 Å². The van der Waals surface area contributed by atoms with E-state index >= 15 is 0 Å². The molecule has 0 aliphatic heterocycles. The minimum absolute atomic E-state index is 0.0540. The van der Waals surface area contributed by atoms with Gasteiger partial charge in [0, 0.05) is 12.0 Å². The molecular formula is C19H25NO. The highest BCUT2D eigenvalue weighted by atomic mass is 16.1. The zero-order chi connectivity index (χ0) is 14.8. The molecule has 0 saturated heterocycles. The smallest absolute Gasteiger partial charge is 0.223 e. The van der Waals surface area contributed by atoms with Gasteiger partial charge in [-0.25, -0.2) is 0 Å². The molecule has 0 bridgehead atoms. The van der Waals surface area contributed by atoms with Gasteiger partial charge in [0.15, 0.2) is 0 Å². The number of rotatable bonds is 4. The number of benzene rings is 1. The molecule has 1 aromatic rings. The van der Waals surface area contributed by atoms with E-state index in [1.54, 1.807) is 0 Å². The van der Waals surface area contributed by atoms with E-state index in [2.05, 4.69) is 49.5 Å². The van der Waals surface area contributed by atoms with E-state index in [0.717, 1.165) is 31.6 Å². The van der Waals surface area contributed by atoms with Crippen LogP contribution in [0.25, 0.3) is 5.57 Å². The molecule has 0 heterocycles. The zero-order valence-corrected chi connectivity index (χ0v) is 13.1. The first-order valence-corrected chi connectivity index (χ1v) is 8.21. The van der Waals surface area contributed by atoms with Crippen molar-refractivity contribution in [3.8, 4) is 0 Å². The summed E-state index contributed by atoms with van der Waals surface area (Å²) in [4.78, 5) is 12.4. The second kappa shape index (κ2) is 6.05. The van der Waals surface area contributed by atoms with Crippen LogP contribution in [0.4, 0.5) is 0 Å². The topological polar surface area (TPSA) is 29.1 Å². The molecule has 2 aliphatic carbocycles. The molecule has 112 valence electrons. The number of hydrogen-bond acceptors (Lipinski definition) is 1. The minimum atomic E-state index is 0.0540. The number of allylic oxidation sites excluding steroid dienone is 2. The Bertz CT molecular complexity index is 560. The highest BCUT2D eigenvalue weighted by Gasteiger charge is 2.25. The second-order valence-electron chi connectivity index (χ2n) is 6.82. The van der Waals surface area contributed by atoms with Gasteiger partial charge in [-0.15, -0.1) is 0 Å². The third-order valence-corrected chi connectivity index (χ3v) is 4.95. The predicted molar refractivity (Wildman–Crippen MR) is 86.8 cm³/mol. The van der Waals surface area contributed by atoms with Crippen molar-refractivity contribution in [3.63, 3.8) is 0 Å². The van der Waals surface area contributed by atoms with E-state index in [-0.39, 0.29) is 11.8 Å². The van der Waals surface area contributed by atoms with Crippen LogP contribution < -0.4 is 5.32 Å². The van der Waals surface area contributed by atoms with Gasteiger partial charge in [-0.05, 0) is 54.7 Å². The van der Waals surface area contributed by atoms with Gasteiger partial charge < -0.3 is 5.32 Å². The molecule has 0 radical (unpaired) electrons. The second-order valence-corrected chi connectivity index (χ2v) is 6.82. The minimum Gasteiger partial charge on any atom is -0.353 e. The summed E-state index contributed by atoms with van der Waals surface area (Å²) in [6.07, 6.45) is 7.68. The molecule has 0 aromatic heterocycles. The van der Waals surface area contributed by atoms with E-state index in [0.29, 0.717) is 6.04 Å². The molecule has 2 unspecified atom stereocenters. The Balaban J connectivity index is 1.57. The molecule has 1 aromatic carbocycles. The fourth-order valence-electron chi connectivity index (χ4n) is 3.65. The molecule has 3 atom stereocenters. The summed E-state index contributed by atoms with van der Waals surface area (Å²) in [5, 5.41) is 3.24. The van der Waals surface area contributed by atoms with Crippen LogP contribution in [0.2, 0.25) is 0 Å². The maximum Gasteiger partial charge on any atom is 0.223 e. The number of nitrogens with one attached hydrogen (secondary N) is 1. The molecular weight excluding hydrogens is 258 g/mol. The average Bonchev–Trinajstić information content (AvgIpc) is 3.06. The Labute approximate surface area is 127 Å². The van der Waals surface area contributed by atoms with Crippen molar-refractivity contribution >= 4 is 11.5 Å². The van der Waals surface area contributed by atoms with E-state index in [9.17, 15) is 4.79 Å². The Morgan fingerprint density at radius 3 is 2.90 bits per heavy atom. The van der Waals surface area contributed by atoms with Crippen LogP contribution in [-0.4, -0.2) is 11.9 Å². The standard InChI is InChI=1S/C19H25NO/c1-13-7-10-17(11-13)20-19(21)14(2)12-16-9-8-15-5-3-4-6-18(15)16/h3-6,9,13-14,17H,7-8,10-12H2,1-2H3,(H,20,21)/t13?,14-,17?/m0/s1. The molecule has 2 heteroatoms. The number of carbonyl (C=O) groups excluding carboxylic acids is 1. The van der Waals surface area contributed by atoms with Crippen molar-refractivity contribution in [2.75, 3.05) is 0 Å². The Morgan fingerprint density at radius 1 is 1.33 bits per heavy atom. The predicted octanol–water partition coefficient (Wildman–Crippen LogP) is 3.96. The van der Waals surface area contributed by atoms with Crippen molar-refractivity contribution in [1.82, 2.24) is 5.32 Å². The maximum absolute atomic E-state index is 12.4. The summed E-state index contributed by atoms with van der Waals surface area (Å²) >= 11 is 0. The summed E-state index contributed by atoms with van der Waals surface area (Å²) in [5.74, 6) is 1.03. The summed E-state index contributed by atoms with van der Waals surface area (Å²) in [5.41, 5.74) is 4.07. The molecule has 2 nitrogen and oxygen atoms in total. The third kappa shape index (κ3) is 3.20. The first kappa shape index (κ1) is 14.4. The molecule has 1 N–H and O–H groups in total. The molecule has 0 spiro atoms. The maximum atomic E-state index is 12.4. The largest absolute Gasteiger partial charge is 0.353 e. The Hall–Kier alpha value is -1.57. The highest BCUT2D eigenvalue weighted by molar-refractivity contribution is 5.82. The molecule has 21 heavy (non-hydrogen) atoms. The van der Waals surface area contributed by atoms with Crippen LogP contribution in [-0.2, 0) is 11.2 Å². The van der Waals surface area contributed by atoms with Gasteiger partial charge in [0.25, 0.3) is 0 Å². The highest BCUT2D eigenvalue weighted by Crippen LogP contribution is 2.32. The lowest BCUT2D eigenvalue weighted by Gasteiger charge is -2.18. The van der Waals surface area contributed by atoms with Gasteiger partial charge in [0.2, 0.25) is 5.91 Å². The zero-order valence-electron chi connectivity index (χ0n) is 13.1. The monoisotopic (exact) mass is 283 g/mol. The number of amides is 1. The molecule has 1 saturated carbocycles. The van der Waals surface area contributed by atoms with Gasteiger partial charge in [-0.3, -0.25) is 4.79 Å². The Morgan fingerprint density at radius 2 is 2.14 bits per heavy atom. The summed E-state index contributed by atoms with van der Waals surface area (Å²) in [7, 11) is 0. The number of fused-ring (bicyclic) bond motifs is 1. The van der Waals surface area contributed by atoms with Crippen LogP contribution in [0, 0.1) is 11.8 Å². The normalized spacial score (nSPS) is 25.3. The van der Waals surface area contributed by atoms with Crippen LogP contribution in [0.5, 0.6) is 0 Å². The third-order valence-electron chi connectivity index (χ3n) is 4.95. The van der Waals surface area contributed by atoms with Gasteiger partial charge in [-0.2, -0.15) is 0 Å². The van der Waals surface area contributed by atoms with Crippen molar-refractivity contribution in [1.29, 1.82) is 0 Å². The van der Waals surface area contributed by atoms with Gasteiger partial charge in [0.05, 0.1) is 0 Å². The van der Waals surface area contributed by atoms with E-state index < -0.39 is 0 Å². The molecule has 2 aliphatic rings. The number of hydrogen-bond donors (Lipinski definition) is 1. The molecule has 1 fully saturated rings. The fourth-order valence-corrected chi connectivity index (χ4v) is 3.65. The molecule has 1 amide bonds. The van der Waals surface area contributed by atoms with Crippen molar-refractivity contribution in [3.05, 3.63) is 41.5 Å². The molecule has 3 rings (SSSR count). The van der Waals surface area contributed by atoms with E-state index in [4.69, 9.17) is 0 Å². The van der Waals surface area contributed by atoms with Crippen molar-refractivity contribution in [2.45, 2.75) is 52.0 Å². The average molecular weight is 283 g/mol. The fraction of sp³-hybridized carbons (Fsp3) is 0.526. The van der Waals surface area contributed by atoms with Crippen LogP contribution in [0.15, 0.2) is 30.3 Å². The lowest BCUT2D eigenvalue weighted by Crippen LogP contribution is -2.36. The first-order valence-electron chi connectivity index (χ1n) is 8.21. The lowest BCUT2D eigenvalue weighted by molar-refractivity contribution is -0.125. The number of carbonyl (C=O) groups is 1. The van der Waals surface area contributed by atoms with Crippen molar-refractivity contribution in [2.24, 2.45) is 11.8 Å². The summed E-state index contributed by atoms with van der Waals surface area (Å²) < 4.78 is 0. The Kier molecular flexibility index (Phi) is 4.14. The first-order chi connectivity index (χ1) is 10.1. The SMILES string of the molecule is CC1CCC(NC(=O)[C@@H](C)CC2=CCc3ccccc32)C1. The quantitative estimate of drug-likeness (QED) is 0.890. The van der Waals surface area contributed by atoms with Gasteiger partial charge >= 0.3 is 0 Å². The van der Waals surface area contributed by atoms with Gasteiger partial charge in [-0.1, -0.05) is 44.2 Å². The van der Waals surface area contributed by atoms with Crippen LogP contribution in [0.1, 0.15) is 50.7 Å².